The van der Waals surface area contributed by atoms with Crippen LogP contribution in [0.4, 0.5) is 0 Å². The fraction of sp³-hybridized carbons (Fsp3) is 0.714. The van der Waals surface area contributed by atoms with Crippen LogP contribution in [-0.2, 0) is 0 Å². The lowest BCUT2D eigenvalue weighted by Gasteiger charge is -1.96. The van der Waals surface area contributed by atoms with Gasteiger partial charge < -0.3 is 5.73 Å². The summed E-state index contributed by atoms with van der Waals surface area (Å²) < 4.78 is 0. The van der Waals surface area contributed by atoms with Gasteiger partial charge in [-0.25, -0.2) is 0 Å². The first kappa shape index (κ1) is 4.57. The quantitative estimate of drug-likeness (QED) is 0.460. The SMILES string of the molecule is NC1C2CC=CCC12. The first-order valence-electron chi connectivity index (χ1n) is 3.30. The molecule has 1 fully saturated rings. The van der Waals surface area contributed by atoms with Gasteiger partial charge >= 0.3 is 0 Å². The van der Waals surface area contributed by atoms with Crippen LogP contribution in [0.2, 0.25) is 0 Å². The number of allylic oxidation sites excluding steroid dienone is 2. The van der Waals surface area contributed by atoms with Gasteiger partial charge in [0.05, 0.1) is 0 Å². The van der Waals surface area contributed by atoms with E-state index in [0.717, 1.165) is 11.8 Å². The minimum Gasteiger partial charge on any atom is -0.327 e. The van der Waals surface area contributed by atoms with E-state index in [9.17, 15) is 0 Å². The van der Waals surface area contributed by atoms with Gasteiger partial charge in [0.25, 0.3) is 0 Å². The second kappa shape index (κ2) is 1.35. The molecule has 2 rings (SSSR count). The topological polar surface area (TPSA) is 26.0 Å². The van der Waals surface area contributed by atoms with E-state index in [-0.39, 0.29) is 0 Å². The van der Waals surface area contributed by atoms with Gasteiger partial charge in [-0.2, -0.15) is 0 Å². The Labute approximate surface area is 49.6 Å². The third-order valence-electron chi connectivity index (χ3n) is 2.38. The Bertz CT molecular complexity index is 114. The Kier molecular flexibility index (Phi) is 0.770. The maximum atomic E-state index is 5.73. The molecule has 0 aromatic rings. The minimum absolute atomic E-state index is 0.546. The van der Waals surface area contributed by atoms with Gasteiger partial charge in [0.1, 0.15) is 0 Å². The van der Waals surface area contributed by atoms with Gasteiger partial charge in [-0.05, 0) is 24.7 Å². The maximum Gasteiger partial charge on any atom is 0.0108 e. The average molecular weight is 109 g/mol. The molecule has 0 aromatic heterocycles. The lowest BCUT2D eigenvalue weighted by molar-refractivity contribution is 0.689. The Morgan fingerprint density at radius 1 is 1.12 bits per heavy atom. The van der Waals surface area contributed by atoms with Gasteiger partial charge in [0.2, 0.25) is 0 Å². The highest BCUT2D eigenvalue weighted by molar-refractivity contribution is 5.11. The van der Waals surface area contributed by atoms with Gasteiger partial charge in [-0.1, -0.05) is 12.2 Å². The largest absolute Gasteiger partial charge is 0.327 e. The van der Waals surface area contributed by atoms with Crippen molar-refractivity contribution in [2.24, 2.45) is 17.6 Å². The van der Waals surface area contributed by atoms with Gasteiger partial charge in [0, 0.05) is 6.04 Å². The lowest BCUT2D eigenvalue weighted by Crippen LogP contribution is -2.02. The molecule has 2 unspecified atom stereocenters. The van der Waals surface area contributed by atoms with E-state index >= 15 is 0 Å². The summed E-state index contributed by atoms with van der Waals surface area (Å²) in [6.07, 6.45) is 7.00. The summed E-state index contributed by atoms with van der Waals surface area (Å²) in [6.45, 7) is 0. The molecular formula is C7H11N. The molecule has 0 saturated heterocycles. The number of rotatable bonds is 0. The van der Waals surface area contributed by atoms with Crippen LogP contribution >= 0.6 is 0 Å². The molecule has 1 saturated carbocycles. The van der Waals surface area contributed by atoms with Crippen LogP contribution in [0.3, 0.4) is 0 Å². The van der Waals surface area contributed by atoms with Gasteiger partial charge in [-0.3, -0.25) is 0 Å². The van der Waals surface area contributed by atoms with Crippen molar-refractivity contribution in [1.29, 1.82) is 0 Å². The number of hydrogen-bond donors (Lipinski definition) is 1. The van der Waals surface area contributed by atoms with E-state index in [1.807, 2.05) is 0 Å². The maximum absolute atomic E-state index is 5.73. The molecule has 2 aliphatic rings. The van der Waals surface area contributed by atoms with Crippen LogP contribution in [0.15, 0.2) is 12.2 Å². The predicted molar refractivity (Wildman–Crippen MR) is 33.3 cm³/mol. The molecule has 0 aliphatic heterocycles. The molecule has 2 atom stereocenters. The Morgan fingerprint density at radius 3 is 2.00 bits per heavy atom. The predicted octanol–water partition coefficient (Wildman–Crippen LogP) is 0.910. The van der Waals surface area contributed by atoms with Crippen LogP contribution in [0, 0.1) is 11.8 Å². The first-order chi connectivity index (χ1) is 3.89. The molecule has 0 aromatic carbocycles. The van der Waals surface area contributed by atoms with E-state index in [1.165, 1.54) is 12.8 Å². The molecule has 0 heterocycles. The molecule has 2 aliphatic carbocycles. The van der Waals surface area contributed by atoms with Crippen molar-refractivity contribution in [2.75, 3.05) is 0 Å². The van der Waals surface area contributed by atoms with Crippen LogP contribution in [0.1, 0.15) is 12.8 Å². The molecule has 2 N–H and O–H groups in total. The number of nitrogens with two attached hydrogens (primary N) is 1. The van der Waals surface area contributed by atoms with Crippen LogP contribution in [0.25, 0.3) is 0 Å². The summed E-state index contributed by atoms with van der Waals surface area (Å²) in [6, 6.07) is 0.546. The summed E-state index contributed by atoms with van der Waals surface area (Å²) in [5.41, 5.74) is 5.73. The van der Waals surface area contributed by atoms with Gasteiger partial charge in [0.15, 0.2) is 0 Å². The lowest BCUT2D eigenvalue weighted by atomic mass is 10.1. The third-order valence-corrected chi connectivity index (χ3v) is 2.38. The van der Waals surface area contributed by atoms with Crippen molar-refractivity contribution >= 4 is 0 Å². The summed E-state index contributed by atoms with van der Waals surface area (Å²) in [5, 5.41) is 0. The molecular weight excluding hydrogens is 98.1 g/mol. The molecule has 44 valence electrons. The van der Waals surface area contributed by atoms with E-state index in [2.05, 4.69) is 12.2 Å². The highest BCUT2D eigenvalue weighted by Crippen LogP contribution is 2.45. The second-order valence-electron chi connectivity index (χ2n) is 2.85. The first-order valence-corrected chi connectivity index (χ1v) is 3.30. The molecule has 0 spiro atoms. The van der Waals surface area contributed by atoms with E-state index in [1.54, 1.807) is 0 Å². The molecule has 0 amide bonds. The molecule has 0 radical (unpaired) electrons. The summed E-state index contributed by atoms with van der Waals surface area (Å²) in [5.74, 6) is 1.72. The van der Waals surface area contributed by atoms with Crippen molar-refractivity contribution in [3.63, 3.8) is 0 Å². The summed E-state index contributed by atoms with van der Waals surface area (Å²) in [4.78, 5) is 0. The van der Waals surface area contributed by atoms with Crippen LogP contribution in [0.5, 0.6) is 0 Å². The zero-order chi connectivity index (χ0) is 5.56. The normalized spacial score (nSPS) is 50.9. The molecule has 8 heavy (non-hydrogen) atoms. The Hall–Kier alpha value is -0.300. The molecule has 1 heteroatoms. The Morgan fingerprint density at radius 2 is 1.62 bits per heavy atom. The van der Waals surface area contributed by atoms with Crippen LogP contribution in [-0.4, -0.2) is 6.04 Å². The van der Waals surface area contributed by atoms with Crippen molar-refractivity contribution in [3.8, 4) is 0 Å². The zero-order valence-electron chi connectivity index (χ0n) is 4.88. The van der Waals surface area contributed by atoms with E-state index in [0.29, 0.717) is 6.04 Å². The van der Waals surface area contributed by atoms with E-state index < -0.39 is 0 Å². The van der Waals surface area contributed by atoms with Crippen molar-refractivity contribution in [3.05, 3.63) is 12.2 Å². The van der Waals surface area contributed by atoms with Crippen LogP contribution < -0.4 is 5.73 Å². The molecule has 1 nitrogen and oxygen atoms in total. The number of fused-ring (bicyclic) bond motifs is 1. The summed E-state index contributed by atoms with van der Waals surface area (Å²) >= 11 is 0. The molecule has 0 bridgehead atoms. The highest BCUT2D eigenvalue weighted by Gasteiger charge is 2.46. The zero-order valence-corrected chi connectivity index (χ0v) is 4.88. The van der Waals surface area contributed by atoms with Gasteiger partial charge in [-0.15, -0.1) is 0 Å². The smallest absolute Gasteiger partial charge is 0.0108 e. The highest BCUT2D eigenvalue weighted by atomic mass is 14.8. The monoisotopic (exact) mass is 109 g/mol. The fourth-order valence-electron chi connectivity index (χ4n) is 1.65. The third kappa shape index (κ3) is 0.451. The minimum atomic E-state index is 0.546. The number of hydrogen-bond acceptors (Lipinski definition) is 1. The van der Waals surface area contributed by atoms with Crippen molar-refractivity contribution in [1.82, 2.24) is 0 Å². The van der Waals surface area contributed by atoms with E-state index in [4.69, 9.17) is 5.73 Å². The summed E-state index contributed by atoms with van der Waals surface area (Å²) in [7, 11) is 0. The second-order valence-corrected chi connectivity index (χ2v) is 2.85. The van der Waals surface area contributed by atoms with Crippen molar-refractivity contribution in [2.45, 2.75) is 18.9 Å². The standard InChI is InChI=1S/C7H11N/c8-7-5-3-1-2-4-6(5)7/h1-2,5-7H,3-4,8H2. The average Bonchev–Trinajstić information content (AvgIpc) is 2.46. The Balaban J connectivity index is 2.08. The van der Waals surface area contributed by atoms with Crippen molar-refractivity contribution < 1.29 is 0 Å². The fourth-order valence-corrected chi connectivity index (χ4v) is 1.65.